The van der Waals surface area contributed by atoms with E-state index in [-0.39, 0.29) is 18.8 Å². The van der Waals surface area contributed by atoms with Gasteiger partial charge in [-0.25, -0.2) is 8.78 Å². The summed E-state index contributed by atoms with van der Waals surface area (Å²) < 4.78 is 30.8. The first-order valence-electron chi connectivity index (χ1n) is 4.26. The van der Waals surface area contributed by atoms with Gasteiger partial charge in [0.1, 0.15) is 11.6 Å². The molecule has 0 spiro atoms. The lowest BCUT2D eigenvalue weighted by atomic mass is 10.1. The average Bonchev–Trinajstić information content (AvgIpc) is 2.24. The van der Waals surface area contributed by atoms with Gasteiger partial charge in [-0.05, 0) is 18.2 Å². The second-order valence-electron chi connectivity index (χ2n) is 2.77. The van der Waals surface area contributed by atoms with E-state index in [0.717, 1.165) is 18.2 Å². The number of rotatable bonds is 4. The molecular weight excluding hydrogens is 204 g/mol. The smallest absolute Gasteiger partial charge is 0.172 e. The number of aliphatic hydroxyl groups is 1. The number of hydrogen-bond acceptors (Lipinski definition) is 3. The van der Waals surface area contributed by atoms with Crippen LogP contribution < -0.4 is 0 Å². The highest BCUT2D eigenvalue weighted by Gasteiger charge is 2.16. The molecule has 1 unspecified atom stereocenters. The monoisotopic (exact) mass is 213 g/mol. The number of benzene rings is 1. The predicted molar refractivity (Wildman–Crippen MR) is 47.7 cm³/mol. The van der Waals surface area contributed by atoms with Crippen LogP contribution in [0.3, 0.4) is 0 Å². The van der Waals surface area contributed by atoms with Crippen LogP contribution >= 0.6 is 0 Å². The molecule has 0 aliphatic heterocycles. The van der Waals surface area contributed by atoms with Crippen LogP contribution in [0.15, 0.2) is 18.2 Å². The number of aliphatic hydroxyl groups excluding tert-OH is 1. The van der Waals surface area contributed by atoms with Crippen molar-refractivity contribution >= 4 is 0 Å². The molecule has 1 N–H and O–H groups in total. The summed E-state index contributed by atoms with van der Waals surface area (Å²) in [5, 5.41) is 17.2. The first kappa shape index (κ1) is 11.6. The minimum absolute atomic E-state index is 0.103. The second kappa shape index (κ2) is 5.39. The SMILES string of the molecule is N#CC(OCCO)c1cc(F)ccc1F. The molecule has 0 aliphatic rings. The third kappa shape index (κ3) is 2.98. The minimum atomic E-state index is -1.20. The standard InChI is InChI=1S/C10H9F2NO2/c11-7-1-2-9(12)8(5-7)10(6-13)15-4-3-14/h1-2,5,10,14H,3-4H2. The fourth-order valence-corrected chi connectivity index (χ4v) is 1.08. The van der Waals surface area contributed by atoms with Gasteiger partial charge in [0.05, 0.1) is 19.3 Å². The Hall–Kier alpha value is -1.51. The molecule has 80 valence electrons. The van der Waals surface area contributed by atoms with E-state index in [1.54, 1.807) is 6.07 Å². The van der Waals surface area contributed by atoms with E-state index in [2.05, 4.69) is 0 Å². The summed E-state index contributed by atoms with van der Waals surface area (Å²) >= 11 is 0. The number of halogens is 2. The van der Waals surface area contributed by atoms with E-state index in [4.69, 9.17) is 15.1 Å². The summed E-state index contributed by atoms with van der Waals surface area (Å²) in [6, 6.07) is 4.47. The highest BCUT2D eigenvalue weighted by Crippen LogP contribution is 2.20. The number of hydrogen-bond donors (Lipinski definition) is 1. The lowest BCUT2D eigenvalue weighted by Crippen LogP contribution is -2.08. The summed E-state index contributed by atoms with van der Waals surface area (Å²) in [6.07, 6.45) is -1.20. The summed E-state index contributed by atoms with van der Waals surface area (Å²) in [5.74, 6) is -1.35. The quantitative estimate of drug-likeness (QED) is 0.825. The van der Waals surface area contributed by atoms with Crippen LogP contribution in [0.1, 0.15) is 11.7 Å². The summed E-state index contributed by atoms with van der Waals surface area (Å²) in [6.45, 7) is -0.386. The van der Waals surface area contributed by atoms with E-state index < -0.39 is 17.7 Å². The third-order valence-corrected chi connectivity index (χ3v) is 1.73. The lowest BCUT2D eigenvalue weighted by molar-refractivity contribution is 0.0562. The van der Waals surface area contributed by atoms with Gasteiger partial charge in [-0.3, -0.25) is 0 Å². The molecule has 15 heavy (non-hydrogen) atoms. The van der Waals surface area contributed by atoms with Gasteiger partial charge in [-0.1, -0.05) is 0 Å². The van der Waals surface area contributed by atoms with Gasteiger partial charge < -0.3 is 9.84 Å². The summed E-state index contributed by atoms with van der Waals surface area (Å²) in [7, 11) is 0. The summed E-state index contributed by atoms with van der Waals surface area (Å²) in [5.41, 5.74) is -0.161. The van der Waals surface area contributed by atoms with Crippen molar-refractivity contribution in [2.24, 2.45) is 0 Å². The Kier molecular flexibility index (Phi) is 4.16. The molecule has 1 atom stereocenters. The van der Waals surface area contributed by atoms with Crippen molar-refractivity contribution in [1.82, 2.24) is 0 Å². The fourth-order valence-electron chi connectivity index (χ4n) is 1.08. The van der Waals surface area contributed by atoms with Crippen molar-refractivity contribution in [3.05, 3.63) is 35.4 Å². The van der Waals surface area contributed by atoms with Crippen molar-refractivity contribution in [3.8, 4) is 6.07 Å². The maximum atomic E-state index is 13.2. The normalized spacial score (nSPS) is 12.1. The largest absolute Gasteiger partial charge is 0.394 e. The molecule has 1 aromatic rings. The number of ether oxygens (including phenoxy) is 1. The molecule has 0 bridgehead atoms. The van der Waals surface area contributed by atoms with Crippen molar-refractivity contribution < 1.29 is 18.6 Å². The third-order valence-electron chi connectivity index (χ3n) is 1.73. The fraction of sp³-hybridized carbons (Fsp3) is 0.300. The van der Waals surface area contributed by atoms with Gasteiger partial charge in [-0.2, -0.15) is 5.26 Å². The van der Waals surface area contributed by atoms with Crippen LogP contribution in [0.5, 0.6) is 0 Å². The number of nitrogens with zero attached hydrogens (tertiary/aromatic N) is 1. The molecule has 0 aliphatic carbocycles. The molecule has 3 nitrogen and oxygen atoms in total. The lowest BCUT2D eigenvalue weighted by Gasteiger charge is -2.10. The van der Waals surface area contributed by atoms with Gasteiger partial charge in [0.2, 0.25) is 0 Å². The molecular formula is C10H9F2NO2. The van der Waals surface area contributed by atoms with Crippen molar-refractivity contribution in [2.75, 3.05) is 13.2 Å². The molecule has 5 heteroatoms. The van der Waals surface area contributed by atoms with Crippen LogP contribution in [-0.2, 0) is 4.74 Å². The molecule has 0 heterocycles. The first-order valence-corrected chi connectivity index (χ1v) is 4.26. The van der Waals surface area contributed by atoms with E-state index in [1.165, 1.54) is 0 Å². The van der Waals surface area contributed by atoms with Crippen molar-refractivity contribution in [1.29, 1.82) is 5.26 Å². The molecule has 0 saturated heterocycles. The molecule has 0 fully saturated rings. The maximum absolute atomic E-state index is 13.2. The second-order valence-corrected chi connectivity index (χ2v) is 2.77. The van der Waals surface area contributed by atoms with Gasteiger partial charge >= 0.3 is 0 Å². The van der Waals surface area contributed by atoms with Crippen LogP contribution in [0, 0.1) is 23.0 Å². The Morgan fingerprint density at radius 3 is 2.80 bits per heavy atom. The van der Waals surface area contributed by atoms with Crippen molar-refractivity contribution in [3.63, 3.8) is 0 Å². The zero-order chi connectivity index (χ0) is 11.3. The van der Waals surface area contributed by atoms with Gasteiger partial charge in [0.15, 0.2) is 6.10 Å². The van der Waals surface area contributed by atoms with E-state index >= 15 is 0 Å². The van der Waals surface area contributed by atoms with Crippen molar-refractivity contribution in [2.45, 2.75) is 6.10 Å². The van der Waals surface area contributed by atoms with Crippen LogP contribution in [-0.4, -0.2) is 18.3 Å². The Morgan fingerprint density at radius 1 is 1.47 bits per heavy atom. The molecule has 0 saturated carbocycles. The zero-order valence-corrected chi connectivity index (χ0v) is 7.78. The van der Waals surface area contributed by atoms with Gasteiger partial charge in [0, 0.05) is 5.56 Å². The van der Waals surface area contributed by atoms with Crippen LogP contribution in [0.4, 0.5) is 8.78 Å². The Morgan fingerprint density at radius 2 is 2.20 bits per heavy atom. The van der Waals surface area contributed by atoms with E-state index in [0.29, 0.717) is 0 Å². The van der Waals surface area contributed by atoms with Crippen LogP contribution in [0.2, 0.25) is 0 Å². The first-order chi connectivity index (χ1) is 7.19. The predicted octanol–water partition coefficient (Wildman–Crippen LogP) is 1.54. The molecule has 1 aromatic carbocycles. The van der Waals surface area contributed by atoms with E-state index in [9.17, 15) is 8.78 Å². The Labute approximate surface area is 85.5 Å². The highest BCUT2D eigenvalue weighted by molar-refractivity contribution is 5.25. The minimum Gasteiger partial charge on any atom is -0.394 e. The topological polar surface area (TPSA) is 53.2 Å². The molecule has 1 rings (SSSR count). The summed E-state index contributed by atoms with van der Waals surface area (Å²) in [4.78, 5) is 0. The maximum Gasteiger partial charge on any atom is 0.172 e. The average molecular weight is 213 g/mol. The number of nitriles is 1. The Bertz CT molecular complexity index is 376. The van der Waals surface area contributed by atoms with E-state index in [1.807, 2.05) is 0 Å². The molecule has 0 radical (unpaired) electrons. The highest BCUT2D eigenvalue weighted by atomic mass is 19.1. The molecule has 0 aromatic heterocycles. The van der Waals surface area contributed by atoms with Crippen LogP contribution in [0.25, 0.3) is 0 Å². The van der Waals surface area contributed by atoms with Gasteiger partial charge in [-0.15, -0.1) is 0 Å². The molecule has 0 amide bonds. The Balaban J connectivity index is 2.91. The zero-order valence-electron chi connectivity index (χ0n) is 7.78. The van der Waals surface area contributed by atoms with Gasteiger partial charge in [0.25, 0.3) is 0 Å².